The first-order valence-corrected chi connectivity index (χ1v) is 6.80. The highest BCUT2D eigenvalue weighted by Crippen LogP contribution is 2.29. The molecular formula is C20H13. The Balaban J connectivity index is 2.05. The third-order valence-corrected chi connectivity index (χ3v) is 3.80. The summed E-state index contributed by atoms with van der Waals surface area (Å²) in [5.41, 5.74) is 2.49. The van der Waals surface area contributed by atoms with E-state index >= 15 is 0 Å². The Kier molecular flexibility index (Phi) is 2.53. The molecule has 0 spiro atoms. The van der Waals surface area contributed by atoms with Gasteiger partial charge in [0.1, 0.15) is 0 Å². The summed E-state index contributed by atoms with van der Waals surface area (Å²) in [5.74, 6) is 0. The summed E-state index contributed by atoms with van der Waals surface area (Å²) in [7, 11) is 0. The van der Waals surface area contributed by atoms with E-state index in [-0.39, 0.29) is 0 Å². The van der Waals surface area contributed by atoms with Gasteiger partial charge in [0.2, 0.25) is 0 Å². The molecule has 0 unspecified atom stereocenters. The summed E-state index contributed by atoms with van der Waals surface area (Å²) in [5, 5.41) is 5.20. The number of fused-ring (bicyclic) bond motifs is 3. The molecule has 0 saturated heterocycles. The lowest BCUT2D eigenvalue weighted by molar-refractivity contribution is 1.64. The van der Waals surface area contributed by atoms with Gasteiger partial charge < -0.3 is 0 Å². The van der Waals surface area contributed by atoms with Crippen molar-refractivity contribution < 1.29 is 0 Å². The highest BCUT2D eigenvalue weighted by atomic mass is 14.1. The molecule has 0 heterocycles. The van der Waals surface area contributed by atoms with E-state index in [1.807, 2.05) is 12.1 Å². The molecular weight excluding hydrogens is 240 g/mol. The maximum absolute atomic E-state index is 3.07. The second kappa shape index (κ2) is 4.50. The van der Waals surface area contributed by atoms with E-state index in [0.29, 0.717) is 0 Å². The molecule has 0 aliphatic heterocycles. The molecule has 4 aromatic carbocycles. The monoisotopic (exact) mass is 253 g/mol. The van der Waals surface area contributed by atoms with Gasteiger partial charge in [-0.1, -0.05) is 72.8 Å². The van der Waals surface area contributed by atoms with Gasteiger partial charge in [0.05, 0.1) is 0 Å². The first-order chi connectivity index (χ1) is 9.92. The van der Waals surface area contributed by atoms with Crippen molar-refractivity contribution in [2.24, 2.45) is 0 Å². The lowest BCUT2D eigenvalue weighted by Crippen LogP contribution is -1.81. The van der Waals surface area contributed by atoms with Crippen LogP contribution in [0.15, 0.2) is 78.9 Å². The minimum absolute atomic E-state index is 1.23. The molecule has 0 fully saturated rings. The summed E-state index contributed by atoms with van der Waals surface area (Å²) in [6, 6.07) is 30.8. The molecule has 0 aromatic heterocycles. The SMILES string of the molecule is [c]1ccc(-c2ccc3ccc4ccccc4c3c2)cc1. The van der Waals surface area contributed by atoms with E-state index in [1.165, 1.54) is 32.7 Å². The van der Waals surface area contributed by atoms with Crippen LogP contribution in [0.3, 0.4) is 0 Å². The molecule has 0 amide bonds. The fourth-order valence-electron chi connectivity index (χ4n) is 2.76. The number of hydrogen-bond donors (Lipinski definition) is 0. The normalized spacial score (nSPS) is 11.0. The molecule has 20 heavy (non-hydrogen) atoms. The summed E-state index contributed by atoms with van der Waals surface area (Å²) in [6.45, 7) is 0. The van der Waals surface area contributed by atoms with Gasteiger partial charge >= 0.3 is 0 Å². The predicted molar refractivity (Wildman–Crippen MR) is 85.7 cm³/mol. The van der Waals surface area contributed by atoms with Gasteiger partial charge in [-0.2, -0.15) is 0 Å². The summed E-state index contributed by atoms with van der Waals surface area (Å²) >= 11 is 0. The zero-order chi connectivity index (χ0) is 13.4. The van der Waals surface area contributed by atoms with Crippen molar-refractivity contribution >= 4 is 21.5 Å². The quantitative estimate of drug-likeness (QED) is 0.395. The van der Waals surface area contributed by atoms with Gasteiger partial charge in [-0.25, -0.2) is 0 Å². The first kappa shape index (κ1) is 11.2. The molecule has 93 valence electrons. The molecule has 0 heteroatoms. The third-order valence-electron chi connectivity index (χ3n) is 3.80. The fourth-order valence-corrected chi connectivity index (χ4v) is 2.76. The predicted octanol–water partition coefficient (Wildman–Crippen LogP) is 5.46. The molecule has 0 nitrogen and oxygen atoms in total. The largest absolute Gasteiger partial charge is 0.0616 e. The highest BCUT2D eigenvalue weighted by Gasteiger charge is 2.02. The average molecular weight is 253 g/mol. The van der Waals surface area contributed by atoms with E-state index in [9.17, 15) is 0 Å². The van der Waals surface area contributed by atoms with Gasteiger partial charge in [-0.05, 0) is 44.8 Å². The van der Waals surface area contributed by atoms with Crippen molar-refractivity contribution in [1.29, 1.82) is 0 Å². The van der Waals surface area contributed by atoms with Gasteiger partial charge in [0, 0.05) is 0 Å². The van der Waals surface area contributed by atoms with Crippen LogP contribution >= 0.6 is 0 Å². The molecule has 0 aliphatic carbocycles. The minimum atomic E-state index is 1.23. The van der Waals surface area contributed by atoms with Crippen LogP contribution in [0.4, 0.5) is 0 Å². The van der Waals surface area contributed by atoms with Crippen LogP contribution in [-0.4, -0.2) is 0 Å². The van der Waals surface area contributed by atoms with Crippen molar-refractivity contribution in [2.45, 2.75) is 0 Å². The van der Waals surface area contributed by atoms with Crippen LogP contribution in [0.5, 0.6) is 0 Å². The Bertz CT molecular complexity index is 889. The van der Waals surface area contributed by atoms with Crippen molar-refractivity contribution in [3.63, 3.8) is 0 Å². The van der Waals surface area contributed by atoms with Gasteiger partial charge in [0.15, 0.2) is 0 Å². The lowest BCUT2D eigenvalue weighted by atomic mass is 9.97. The van der Waals surface area contributed by atoms with E-state index in [4.69, 9.17) is 0 Å². The summed E-state index contributed by atoms with van der Waals surface area (Å²) in [4.78, 5) is 0. The van der Waals surface area contributed by atoms with Crippen molar-refractivity contribution in [3.05, 3.63) is 84.9 Å². The Hall–Kier alpha value is -2.60. The molecule has 0 bridgehead atoms. The number of rotatable bonds is 1. The highest BCUT2D eigenvalue weighted by molar-refractivity contribution is 6.08. The maximum atomic E-state index is 3.07. The second-order valence-corrected chi connectivity index (χ2v) is 5.01. The van der Waals surface area contributed by atoms with Crippen LogP contribution in [0.2, 0.25) is 0 Å². The average Bonchev–Trinajstić information content (AvgIpc) is 2.55. The smallest absolute Gasteiger partial charge is 0.00992 e. The molecule has 0 atom stereocenters. The van der Waals surface area contributed by atoms with Gasteiger partial charge in [-0.15, -0.1) is 0 Å². The Labute approximate surface area is 118 Å². The van der Waals surface area contributed by atoms with E-state index in [2.05, 4.69) is 72.8 Å². The van der Waals surface area contributed by atoms with Crippen LogP contribution in [0.25, 0.3) is 32.7 Å². The van der Waals surface area contributed by atoms with Crippen LogP contribution in [0.1, 0.15) is 0 Å². The topological polar surface area (TPSA) is 0 Å². The Morgan fingerprint density at radius 2 is 1.25 bits per heavy atom. The van der Waals surface area contributed by atoms with E-state index in [1.54, 1.807) is 0 Å². The fraction of sp³-hybridized carbons (Fsp3) is 0. The van der Waals surface area contributed by atoms with Crippen LogP contribution in [0, 0.1) is 6.07 Å². The molecule has 0 N–H and O–H groups in total. The van der Waals surface area contributed by atoms with Crippen molar-refractivity contribution in [3.8, 4) is 11.1 Å². The molecule has 0 aliphatic rings. The van der Waals surface area contributed by atoms with Gasteiger partial charge in [-0.3, -0.25) is 0 Å². The van der Waals surface area contributed by atoms with E-state index in [0.717, 1.165) is 0 Å². The van der Waals surface area contributed by atoms with E-state index < -0.39 is 0 Å². The molecule has 4 rings (SSSR count). The van der Waals surface area contributed by atoms with Crippen molar-refractivity contribution in [2.75, 3.05) is 0 Å². The lowest BCUT2D eigenvalue weighted by Gasteiger charge is -2.07. The third kappa shape index (κ3) is 1.78. The molecule has 4 aromatic rings. The zero-order valence-electron chi connectivity index (χ0n) is 11.0. The second-order valence-electron chi connectivity index (χ2n) is 5.01. The van der Waals surface area contributed by atoms with Crippen molar-refractivity contribution in [1.82, 2.24) is 0 Å². The zero-order valence-corrected chi connectivity index (χ0v) is 11.0. The molecule has 0 saturated carbocycles. The number of hydrogen-bond acceptors (Lipinski definition) is 0. The van der Waals surface area contributed by atoms with Gasteiger partial charge in [0.25, 0.3) is 0 Å². The summed E-state index contributed by atoms with van der Waals surface area (Å²) in [6.07, 6.45) is 0. The minimum Gasteiger partial charge on any atom is -0.0616 e. The van der Waals surface area contributed by atoms with Crippen LogP contribution < -0.4 is 0 Å². The Morgan fingerprint density at radius 3 is 2.10 bits per heavy atom. The number of benzene rings is 4. The standard InChI is InChI=1S/C20H13/c1-2-6-15(7-3-1)18-13-12-17-11-10-16-8-4-5-9-19(16)20(17)14-18/h2-14H. The summed E-state index contributed by atoms with van der Waals surface area (Å²) < 4.78 is 0. The van der Waals surface area contributed by atoms with Crippen LogP contribution in [-0.2, 0) is 0 Å². The molecule has 1 radical (unpaired) electrons. The Morgan fingerprint density at radius 1 is 0.550 bits per heavy atom. The maximum Gasteiger partial charge on any atom is -0.00992 e. The first-order valence-electron chi connectivity index (χ1n) is 6.80.